The normalized spacial score (nSPS) is 18.4. The van der Waals surface area contributed by atoms with Gasteiger partial charge >= 0.3 is 0 Å². The van der Waals surface area contributed by atoms with Gasteiger partial charge in [-0.2, -0.15) is 0 Å². The number of para-hydroxylation sites is 1. The maximum Gasteiger partial charge on any atom is 0.249 e. The molecule has 12 nitrogen and oxygen atoms in total. The highest BCUT2D eigenvalue weighted by atomic mass is 16.7. The number of carbonyl (C=O) groups is 2. The minimum absolute atomic E-state index is 0.0560. The lowest BCUT2D eigenvalue weighted by atomic mass is 10.0. The molecule has 3 aliphatic rings. The number of morpholine rings is 1. The van der Waals surface area contributed by atoms with E-state index in [4.69, 9.17) is 18.9 Å². The van der Waals surface area contributed by atoms with Gasteiger partial charge in [-0.05, 0) is 54.8 Å². The molecule has 0 aliphatic carbocycles. The third-order valence-electron chi connectivity index (χ3n) is 8.23. The van der Waals surface area contributed by atoms with Crippen LogP contribution in [0.1, 0.15) is 24.4 Å². The second-order valence-corrected chi connectivity index (χ2v) is 11.0. The molecule has 0 bridgehead atoms. The number of amides is 2. The van der Waals surface area contributed by atoms with Gasteiger partial charge in [-0.25, -0.2) is 4.68 Å². The quantitative estimate of drug-likeness (QED) is 0.310. The molecule has 7 rings (SSSR count). The fourth-order valence-electron chi connectivity index (χ4n) is 5.93. The molecule has 2 saturated heterocycles. The van der Waals surface area contributed by atoms with Gasteiger partial charge in [0.05, 0.1) is 24.8 Å². The van der Waals surface area contributed by atoms with Crippen LogP contribution >= 0.6 is 0 Å². The molecule has 2 fully saturated rings. The zero-order valence-electron chi connectivity index (χ0n) is 24.3. The number of carbonyl (C=O) groups excluding carboxylic acids is 2. The summed E-state index contributed by atoms with van der Waals surface area (Å²) in [4.78, 5) is 32.3. The molecule has 0 spiro atoms. The number of anilines is 2. The summed E-state index contributed by atoms with van der Waals surface area (Å²) < 4.78 is 24.0. The van der Waals surface area contributed by atoms with Crippen molar-refractivity contribution in [3.63, 3.8) is 0 Å². The Morgan fingerprint density at radius 1 is 0.977 bits per heavy atom. The zero-order valence-corrected chi connectivity index (χ0v) is 24.3. The maximum atomic E-state index is 14.4. The predicted molar refractivity (Wildman–Crippen MR) is 162 cm³/mol. The van der Waals surface area contributed by atoms with Crippen LogP contribution in [-0.2, 0) is 25.6 Å². The van der Waals surface area contributed by atoms with Crippen LogP contribution in [0.3, 0.4) is 0 Å². The number of benzene rings is 3. The fraction of sp³-hybridized carbons (Fsp3) is 0.375. The van der Waals surface area contributed by atoms with Crippen molar-refractivity contribution in [1.82, 2.24) is 20.3 Å². The highest BCUT2D eigenvalue weighted by Crippen LogP contribution is 2.38. The number of hydrogen-bond donors (Lipinski definition) is 1. The third-order valence-corrected chi connectivity index (χ3v) is 8.23. The molecule has 0 radical (unpaired) electrons. The molecule has 1 aromatic heterocycles. The van der Waals surface area contributed by atoms with Gasteiger partial charge in [0.2, 0.25) is 18.6 Å². The van der Waals surface area contributed by atoms with E-state index in [1.165, 1.54) is 4.90 Å². The average Bonchev–Trinajstić information content (AvgIpc) is 3.85. The largest absolute Gasteiger partial charge is 0.454 e. The molecule has 3 aliphatic heterocycles. The average molecular weight is 599 g/mol. The first kappa shape index (κ1) is 28.1. The van der Waals surface area contributed by atoms with E-state index in [1.807, 2.05) is 48.5 Å². The van der Waals surface area contributed by atoms with Crippen LogP contribution in [0.15, 0.2) is 66.7 Å². The van der Waals surface area contributed by atoms with E-state index in [1.54, 1.807) is 22.9 Å². The van der Waals surface area contributed by atoms with E-state index in [0.717, 1.165) is 37.1 Å². The van der Waals surface area contributed by atoms with Gasteiger partial charge in [0.15, 0.2) is 11.5 Å². The number of fused-ring (bicyclic) bond motifs is 2. The number of nitrogens with one attached hydrogen (secondary N) is 1. The fourth-order valence-corrected chi connectivity index (χ4v) is 5.93. The molecule has 0 saturated carbocycles. The number of nitrogens with zero attached hydrogens (tertiary/aromatic N) is 5. The van der Waals surface area contributed by atoms with E-state index >= 15 is 0 Å². The molecule has 228 valence electrons. The van der Waals surface area contributed by atoms with Gasteiger partial charge in [0, 0.05) is 43.7 Å². The van der Waals surface area contributed by atoms with Crippen molar-refractivity contribution < 1.29 is 28.5 Å². The van der Waals surface area contributed by atoms with Gasteiger partial charge in [-0.15, -0.1) is 5.10 Å². The van der Waals surface area contributed by atoms with Crippen molar-refractivity contribution in [1.29, 1.82) is 0 Å². The number of aromatic nitrogens is 3. The maximum absolute atomic E-state index is 14.4. The van der Waals surface area contributed by atoms with Crippen LogP contribution < -0.4 is 24.6 Å². The summed E-state index contributed by atoms with van der Waals surface area (Å²) in [6, 6.07) is 19.6. The van der Waals surface area contributed by atoms with Gasteiger partial charge in [-0.3, -0.25) is 14.5 Å². The standard InChI is InChI=1S/C32H34N6O6/c39-30(20-37-27-6-2-1-5-26(27)34-35-37)38(24-11-12-28-29(18-24)44-21-43-28)31(32(40)33-19-25-4-3-15-42-25)22-7-9-23(10-8-22)36-13-16-41-17-14-36/h1-2,5-12,18,25,31H,3-4,13-17,19-21H2,(H,33,40)/t25-,31+/m1/s1. The number of rotatable bonds is 9. The molecular weight excluding hydrogens is 564 g/mol. The van der Waals surface area contributed by atoms with Crippen LogP contribution in [-0.4, -0.2) is 79.2 Å². The second-order valence-electron chi connectivity index (χ2n) is 11.0. The summed E-state index contributed by atoms with van der Waals surface area (Å²) in [5.74, 6) is 0.438. The second kappa shape index (κ2) is 12.5. The summed E-state index contributed by atoms with van der Waals surface area (Å²) in [6.45, 7) is 3.91. The lowest BCUT2D eigenvalue weighted by Gasteiger charge is -2.33. The molecule has 0 unspecified atom stereocenters. The summed E-state index contributed by atoms with van der Waals surface area (Å²) in [5.41, 5.74) is 3.60. The first-order valence-corrected chi connectivity index (χ1v) is 15.0. The van der Waals surface area contributed by atoms with E-state index < -0.39 is 6.04 Å². The highest BCUT2D eigenvalue weighted by molar-refractivity contribution is 6.02. The van der Waals surface area contributed by atoms with Crippen molar-refractivity contribution in [2.24, 2.45) is 0 Å². The molecule has 2 amide bonds. The van der Waals surface area contributed by atoms with Crippen LogP contribution in [0.5, 0.6) is 11.5 Å². The first-order chi connectivity index (χ1) is 21.6. The van der Waals surface area contributed by atoms with Crippen molar-refractivity contribution in [2.45, 2.75) is 31.5 Å². The van der Waals surface area contributed by atoms with Crippen LogP contribution in [0.4, 0.5) is 11.4 Å². The van der Waals surface area contributed by atoms with Crippen LogP contribution in [0.25, 0.3) is 11.0 Å². The predicted octanol–water partition coefficient (Wildman–Crippen LogP) is 3.07. The Morgan fingerprint density at radius 3 is 2.61 bits per heavy atom. The number of hydrogen-bond acceptors (Lipinski definition) is 9. The van der Waals surface area contributed by atoms with Crippen molar-refractivity contribution >= 4 is 34.2 Å². The van der Waals surface area contributed by atoms with Gasteiger partial charge in [0.1, 0.15) is 18.1 Å². The Kier molecular flexibility index (Phi) is 7.99. The Hall–Kier alpha value is -4.68. The van der Waals surface area contributed by atoms with E-state index in [0.29, 0.717) is 54.6 Å². The van der Waals surface area contributed by atoms with E-state index in [2.05, 4.69) is 20.5 Å². The summed E-state index contributed by atoms with van der Waals surface area (Å²) in [5, 5.41) is 11.5. The van der Waals surface area contributed by atoms with Crippen molar-refractivity contribution in [3.8, 4) is 11.5 Å². The van der Waals surface area contributed by atoms with Crippen molar-refractivity contribution in [3.05, 3.63) is 72.3 Å². The van der Waals surface area contributed by atoms with Crippen LogP contribution in [0.2, 0.25) is 0 Å². The molecule has 12 heteroatoms. The van der Waals surface area contributed by atoms with Gasteiger partial charge < -0.3 is 29.2 Å². The SMILES string of the molecule is O=C(NC[C@H]1CCCO1)[C@H](c1ccc(N2CCOCC2)cc1)N(C(=O)Cn1nnc2ccccc21)c1ccc2c(c1)OCO2. The minimum atomic E-state index is -0.988. The molecule has 2 atom stereocenters. The first-order valence-electron chi connectivity index (χ1n) is 15.0. The molecule has 4 aromatic rings. The summed E-state index contributed by atoms with van der Waals surface area (Å²) >= 11 is 0. The third kappa shape index (κ3) is 5.78. The monoisotopic (exact) mass is 598 g/mol. The Balaban J connectivity index is 1.27. The van der Waals surface area contributed by atoms with Gasteiger partial charge in [0.25, 0.3) is 0 Å². The lowest BCUT2D eigenvalue weighted by molar-refractivity contribution is -0.127. The number of ether oxygens (including phenoxy) is 4. The lowest BCUT2D eigenvalue weighted by Crippen LogP contribution is -2.46. The minimum Gasteiger partial charge on any atom is -0.454 e. The van der Waals surface area contributed by atoms with E-state index in [-0.39, 0.29) is 31.3 Å². The molecular formula is C32H34N6O6. The molecule has 44 heavy (non-hydrogen) atoms. The smallest absolute Gasteiger partial charge is 0.249 e. The summed E-state index contributed by atoms with van der Waals surface area (Å²) in [7, 11) is 0. The Morgan fingerprint density at radius 2 is 1.80 bits per heavy atom. The zero-order chi connectivity index (χ0) is 29.9. The molecule has 4 heterocycles. The van der Waals surface area contributed by atoms with E-state index in [9.17, 15) is 9.59 Å². The highest BCUT2D eigenvalue weighted by Gasteiger charge is 2.35. The topological polar surface area (TPSA) is 120 Å². The Bertz CT molecular complexity index is 1630. The van der Waals surface area contributed by atoms with Gasteiger partial charge in [-0.1, -0.05) is 29.5 Å². The van der Waals surface area contributed by atoms with Crippen molar-refractivity contribution in [2.75, 3.05) is 56.0 Å². The summed E-state index contributed by atoms with van der Waals surface area (Å²) in [6.07, 6.45) is 1.78. The Labute approximate surface area is 254 Å². The van der Waals surface area contributed by atoms with Crippen LogP contribution in [0, 0.1) is 0 Å². The molecule has 3 aromatic carbocycles. The molecule has 1 N–H and O–H groups in total.